The van der Waals surface area contributed by atoms with Gasteiger partial charge in [-0.1, -0.05) is 18.2 Å². The van der Waals surface area contributed by atoms with Crippen molar-refractivity contribution in [3.05, 3.63) is 35.4 Å². The van der Waals surface area contributed by atoms with Crippen molar-refractivity contribution in [3.8, 4) is 0 Å². The van der Waals surface area contributed by atoms with Crippen LogP contribution in [0.15, 0.2) is 24.3 Å². The molecule has 0 bridgehead atoms. The molecule has 1 spiro atoms. The minimum absolute atomic E-state index is 0.0250. The summed E-state index contributed by atoms with van der Waals surface area (Å²) in [4.78, 5) is 28.9. The van der Waals surface area contributed by atoms with E-state index in [1.54, 1.807) is 6.07 Å². The second-order valence-electron chi connectivity index (χ2n) is 8.80. The minimum atomic E-state index is -3.33. The molecule has 1 unspecified atom stereocenters. The van der Waals surface area contributed by atoms with Gasteiger partial charge in [-0.3, -0.25) is 9.59 Å². The number of hydrogen-bond donors (Lipinski definition) is 1. The molecular formula is C21H29N3O5S. The zero-order valence-corrected chi connectivity index (χ0v) is 18.4. The van der Waals surface area contributed by atoms with Crippen LogP contribution in [-0.4, -0.2) is 79.6 Å². The van der Waals surface area contributed by atoms with Gasteiger partial charge >= 0.3 is 0 Å². The molecule has 0 aliphatic carbocycles. The Labute approximate surface area is 177 Å². The molecule has 1 N–H and O–H groups in total. The van der Waals surface area contributed by atoms with Gasteiger partial charge in [-0.2, -0.15) is 0 Å². The van der Waals surface area contributed by atoms with Crippen LogP contribution in [0.2, 0.25) is 0 Å². The molecule has 30 heavy (non-hydrogen) atoms. The molecule has 164 valence electrons. The summed E-state index contributed by atoms with van der Waals surface area (Å²) in [5.74, 6) is -0.776. The van der Waals surface area contributed by atoms with Gasteiger partial charge in [0.1, 0.15) is 0 Å². The standard InChI is InChI=1S/C21H29N3O5S/c1-14(2)24-20(26)17-7-5-4-6-16(17)18(19(25)22-15-12-29-13-15)21(24)8-10-23(11-9-21)30(3,27)28/h4-7,14-15,18H,8-13H2,1-3H3,(H,22,25). The molecule has 1 aromatic rings. The number of amides is 2. The number of carbonyl (C=O) groups excluding carboxylic acids is 2. The summed E-state index contributed by atoms with van der Waals surface area (Å²) in [5.41, 5.74) is 0.507. The van der Waals surface area contributed by atoms with E-state index in [4.69, 9.17) is 4.74 Å². The van der Waals surface area contributed by atoms with Crippen molar-refractivity contribution in [2.75, 3.05) is 32.6 Å². The lowest BCUT2D eigenvalue weighted by molar-refractivity contribution is -0.132. The van der Waals surface area contributed by atoms with Gasteiger partial charge in [-0.15, -0.1) is 0 Å². The van der Waals surface area contributed by atoms with Crippen molar-refractivity contribution in [1.82, 2.24) is 14.5 Å². The summed E-state index contributed by atoms with van der Waals surface area (Å²) in [5, 5.41) is 3.08. The predicted molar refractivity (Wildman–Crippen MR) is 112 cm³/mol. The molecule has 4 rings (SSSR count). The molecule has 3 heterocycles. The van der Waals surface area contributed by atoms with E-state index in [-0.39, 0.29) is 37.0 Å². The first-order chi connectivity index (χ1) is 14.1. The Morgan fingerprint density at radius 2 is 1.83 bits per heavy atom. The van der Waals surface area contributed by atoms with Crippen molar-refractivity contribution in [2.45, 2.75) is 50.2 Å². The summed E-state index contributed by atoms with van der Waals surface area (Å²) in [6, 6.07) is 7.15. The normalized spacial score (nSPS) is 24.6. The number of sulfonamides is 1. The zero-order chi connectivity index (χ0) is 21.7. The van der Waals surface area contributed by atoms with Crippen LogP contribution in [0.4, 0.5) is 0 Å². The van der Waals surface area contributed by atoms with Gasteiger partial charge < -0.3 is 15.0 Å². The van der Waals surface area contributed by atoms with Gasteiger partial charge in [0.05, 0.1) is 37.0 Å². The van der Waals surface area contributed by atoms with Crippen LogP contribution < -0.4 is 5.32 Å². The average Bonchev–Trinajstić information content (AvgIpc) is 2.64. The van der Waals surface area contributed by atoms with Gasteiger partial charge in [0, 0.05) is 24.7 Å². The molecule has 0 radical (unpaired) electrons. The first-order valence-electron chi connectivity index (χ1n) is 10.4. The van der Waals surface area contributed by atoms with Crippen molar-refractivity contribution in [3.63, 3.8) is 0 Å². The number of benzene rings is 1. The molecular weight excluding hydrogens is 406 g/mol. The van der Waals surface area contributed by atoms with Gasteiger partial charge in [-0.25, -0.2) is 12.7 Å². The third-order valence-electron chi connectivity index (χ3n) is 6.56. The van der Waals surface area contributed by atoms with E-state index >= 15 is 0 Å². The topological polar surface area (TPSA) is 96.0 Å². The fourth-order valence-electron chi connectivity index (χ4n) is 5.18. The van der Waals surface area contributed by atoms with Crippen LogP contribution in [0.3, 0.4) is 0 Å². The third kappa shape index (κ3) is 3.42. The van der Waals surface area contributed by atoms with Crippen LogP contribution in [0.5, 0.6) is 0 Å². The first kappa shape index (κ1) is 21.3. The van der Waals surface area contributed by atoms with E-state index in [1.165, 1.54) is 10.6 Å². The Hall–Kier alpha value is -1.97. The van der Waals surface area contributed by atoms with E-state index in [9.17, 15) is 18.0 Å². The fraction of sp³-hybridized carbons (Fsp3) is 0.619. The van der Waals surface area contributed by atoms with Gasteiger partial charge in [-0.05, 0) is 38.3 Å². The monoisotopic (exact) mass is 435 g/mol. The van der Waals surface area contributed by atoms with E-state index in [0.29, 0.717) is 31.6 Å². The maximum Gasteiger partial charge on any atom is 0.254 e. The largest absolute Gasteiger partial charge is 0.377 e. The van der Waals surface area contributed by atoms with Gasteiger partial charge in [0.15, 0.2) is 0 Å². The highest BCUT2D eigenvalue weighted by Crippen LogP contribution is 2.48. The Morgan fingerprint density at radius 3 is 2.37 bits per heavy atom. The van der Waals surface area contributed by atoms with Crippen LogP contribution in [0.1, 0.15) is 48.5 Å². The fourth-order valence-corrected chi connectivity index (χ4v) is 6.02. The van der Waals surface area contributed by atoms with Crippen molar-refractivity contribution in [2.24, 2.45) is 0 Å². The highest BCUT2D eigenvalue weighted by atomic mass is 32.2. The molecule has 0 saturated carbocycles. The van der Waals surface area contributed by atoms with Crippen LogP contribution in [0, 0.1) is 0 Å². The molecule has 3 aliphatic heterocycles. The third-order valence-corrected chi connectivity index (χ3v) is 7.86. The van der Waals surface area contributed by atoms with Crippen molar-refractivity contribution < 1.29 is 22.7 Å². The minimum Gasteiger partial charge on any atom is -0.377 e. The summed E-state index contributed by atoms with van der Waals surface area (Å²) >= 11 is 0. The second kappa shape index (κ2) is 7.62. The maximum atomic E-state index is 13.6. The predicted octanol–water partition coefficient (Wildman–Crippen LogP) is 0.944. The molecule has 0 aromatic heterocycles. The van der Waals surface area contributed by atoms with E-state index < -0.39 is 21.5 Å². The zero-order valence-electron chi connectivity index (χ0n) is 17.6. The molecule has 8 nitrogen and oxygen atoms in total. The Morgan fingerprint density at radius 1 is 1.20 bits per heavy atom. The highest BCUT2D eigenvalue weighted by Gasteiger charge is 2.56. The Bertz CT molecular complexity index is 949. The Balaban J connectivity index is 1.80. The molecule has 2 saturated heterocycles. The number of ether oxygens (including phenoxy) is 1. The maximum absolute atomic E-state index is 13.6. The van der Waals surface area contributed by atoms with Crippen molar-refractivity contribution >= 4 is 21.8 Å². The van der Waals surface area contributed by atoms with E-state index in [2.05, 4.69) is 5.32 Å². The number of rotatable bonds is 4. The molecule has 2 fully saturated rings. The first-order valence-corrected chi connectivity index (χ1v) is 12.3. The smallest absolute Gasteiger partial charge is 0.254 e. The van der Waals surface area contributed by atoms with Gasteiger partial charge in [0.2, 0.25) is 15.9 Å². The molecule has 9 heteroatoms. The Kier molecular flexibility index (Phi) is 5.40. The van der Waals surface area contributed by atoms with Crippen LogP contribution in [0.25, 0.3) is 0 Å². The lowest BCUT2D eigenvalue weighted by Crippen LogP contribution is -2.68. The SMILES string of the molecule is CC(C)N1C(=O)c2ccccc2C(C(=O)NC2COC2)C12CCN(S(C)(=O)=O)CC2. The number of carbonyl (C=O) groups is 2. The van der Waals surface area contributed by atoms with Gasteiger partial charge in [0.25, 0.3) is 5.91 Å². The average molecular weight is 436 g/mol. The number of piperidine rings is 1. The lowest BCUT2D eigenvalue weighted by Gasteiger charge is -2.56. The van der Waals surface area contributed by atoms with E-state index in [0.717, 1.165) is 5.56 Å². The molecule has 3 aliphatic rings. The second-order valence-corrected chi connectivity index (χ2v) is 10.8. The summed E-state index contributed by atoms with van der Waals surface area (Å²) in [6.45, 7) is 5.45. The van der Waals surface area contributed by atoms with Crippen LogP contribution in [-0.2, 0) is 19.6 Å². The molecule has 1 aromatic carbocycles. The summed E-state index contributed by atoms with van der Waals surface area (Å²) in [7, 11) is -3.33. The summed E-state index contributed by atoms with van der Waals surface area (Å²) < 4.78 is 30.8. The number of hydrogen-bond acceptors (Lipinski definition) is 5. The summed E-state index contributed by atoms with van der Waals surface area (Å²) in [6.07, 6.45) is 2.03. The van der Waals surface area contributed by atoms with Crippen LogP contribution >= 0.6 is 0 Å². The number of fused-ring (bicyclic) bond motifs is 1. The lowest BCUT2D eigenvalue weighted by atomic mass is 9.67. The van der Waals surface area contributed by atoms with Crippen molar-refractivity contribution in [1.29, 1.82) is 0 Å². The quantitative estimate of drug-likeness (QED) is 0.760. The molecule has 2 amide bonds. The highest BCUT2D eigenvalue weighted by molar-refractivity contribution is 7.88. The number of nitrogens with one attached hydrogen (secondary N) is 1. The molecule has 1 atom stereocenters. The van der Waals surface area contributed by atoms with E-state index in [1.807, 2.05) is 36.9 Å². The number of nitrogens with zero attached hydrogens (tertiary/aromatic N) is 2.